The van der Waals surface area contributed by atoms with Crippen molar-refractivity contribution in [3.8, 4) is 0 Å². The molecule has 1 aromatic carbocycles. The Morgan fingerprint density at radius 2 is 1.89 bits per heavy atom. The Hall–Kier alpha value is -0.580. The van der Waals surface area contributed by atoms with Gasteiger partial charge in [0.1, 0.15) is 0 Å². The van der Waals surface area contributed by atoms with Gasteiger partial charge in [0.25, 0.3) is 0 Å². The van der Waals surface area contributed by atoms with Crippen LogP contribution in [0.15, 0.2) is 29.2 Å². The molecule has 0 saturated carbocycles. The zero-order valence-electron chi connectivity index (χ0n) is 11.8. The van der Waals surface area contributed by atoms with Crippen molar-refractivity contribution < 1.29 is 8.42 Å². The number of hydrogen-bond donors (Lipinski definition) is 0. The highest BCUT2D eigenvalue weighted by atomic mass is 35.5. The third kappa shape index (κ3) is 3.94. The van der Waals surface area contributed by atoms with Crippen LogP contribution in [0.3, 0.4) is 0 Å². The third-order valence-corrected chi connectivity index (χ3v) is 5.37. The minimum Gasteiger partial charge on any atom is -0.207 e. The van der Waals surface area contributed by atoms with Gasteiger partial charge in [-0.15, -0.1) is 11.6 Å². The van der Waals surface area contributed by atoms with E-state index in [1.807, 2.05) is 26.8 Å². The van der Waals surface area contributed by atoms with E-state index in [1.54, 1.807) is 18.2 Å². The van der Waals surface area contributed by atoms with E-state index in [0.29, 0.717) is 17.3 Å². The first-order valence-electron chi connectivity index (χ1n) is 6.61. The maximum atomic E-state index is 12.7. The first kappa shape index (κ1) is 16.5. The molecule has 0 fully saturated rings. The Balaban J connectivity index is 3.19. The summed E-state index contributed by atoms with van der Waals surface area (Å²) in [4.78, 5) is 0.351. The van der Waals surface area contributed by atoms with Crippen LogP contribution in [0.5, 0.6) is 0 Å². The summed E-state index contributed by atoms with van der Waals surface area (Å²) in [7, 11) is -3.46. The molecule has 108 valence electrons. The van der Waals surface area contributed by atoms with Gasteiger partial charge in [0.2, 0.25) is 10.0 Å². The van der Waals surface area contributed by atoms with Crippen molar-refractivity contribution >= 4 is 21.6 Å². The van der Waals surface area contributed by atoms with E-state index in [2.05, 4.69) is 0 Å². The Morgan fingerprint density at radius 3 is 2.37 bits per heavy atom. The summed E-state index contributed by atoms with van der Waals surface area (Å²) in [5, 5.41) is 0. The van der Waals surface area contributed by atoms with Gasteiger partial charge in [-0.25, -0.2) is 8.42 Å². The summed E-state index contributed by atoms with van der Waals surface area (Å²) in [6, 6.07) is 7.02. The second kappa shape index (κ2) is 7.27. The lowest BCUT2D eigenvalue weighted by molar-refractivity contribution is 0.316. The van der Waals surface area contributed by atoms with E-state index in [1.165, 1.54) is 4.31 Å². The summed E-state index contributed by atoms with van der Waals surface area (Å²) >= 11 is 5.77. The van der Waals surface area contributed by atoms with Gasteiger partial charge in [0, 0.05) is 18.5 Å². The molecule has 0 unspecified atom stereocenters. The van der Waals surface area contributed by atoms with E-state index in [9.17, 15) is 8.42 Å². The topological polar surface area (TPSA) is 37.4 Å². The molecule has 0 aliphatic rings. The SMILES string of the molecule is CCC(CC)N(CCCl)S(=O)(=O)c1cccc(C)c1. The molecule has 0 bridgehead atoms. The van der Waals surface area contributed by atoms with Crippen LogP contribution in [0, 0.1) is 6.92 Å². The summed E-state index contributed by atoms with van der Waals surface area (Å²) in [5.74, 6) is 0.307. The molecule has 3 nitrogen and oxygen atoms in total. The van der Waals surface area contributed by atoms with Gasteiger partial charge in [0.05, 0.1) is 4.90 Å². The zero-order chi connectivity index (χ0) is 14.5. The first-order chi connectivity index (χ1) is 8.97. The second-order valence-electron chi connectivity index (χ2n) is 4.59. The first-order valence-corrected chi connectivity index (χ1v) is 8.59. The molecule has 0 atom stereocenters. The number of nitrogens with zero attached hydrogens (tertiary/aromatic N) is 1. The van der Waals surface area contributed by atoms with Gasteiger partial charge < -0.3 is 0 Å². The number of benzene rings is 1. The van der Waals surface area contributed by atoms with Crippen LogP contribution < -0.4 is 0 Å². The van der Waals surface area contributed by atoms with Gasteiger partial charge in [-0.2, -0.15) is 4.31 Å². The quantitative estimate of drug-likeness (QED) is 0.724. The molecule has 0 saturated heterocycles. The molecule has 0 heterocycles. The fraction of sp³-hybridized carbons (Fsp3) is 0.571. The summed E-state index contributed by atoms with van der Waals surface area (Å²) < 4.78 is 26.9. The number of aryl methyl sites for hydroxylation is 1. The fourth-order valence-corrected chi connectivity index (χ4v) is 4.35. The summed E-state index contributed by atoms with van der Waals surface area (Å²) in [6.07, 6.45) is 1.58. The Morgan fingerprint density at radius 1 is 1.26 bits per heavy atom. The summed E-state index contributed by atoms with van der Waals surface area (Å²) in [5.41, 5.74) is 0.941. The van der Waals surface area contributed by atoms with Crippen molar-refractivity contribution in [2.45, 2.75) is 44.6 Å². The maximum Gasteiger partial charge on any atom is 0.243 e. The highest BCUT2D eigenvalue weighted by Crippen LogP contribution is 2.22. The van der Waals surface area contributed by atoms with E-state index in [0.717, 1.165) is 18.4 Å². The largest absolute Gasteiger partial charge is 0.243 e. The van der Waals surface area contributed by atoms with Crippen LogP contribution in [0.25, 0.3) is 0 Å². The Labute approximate surface area is 121 Å². The van der Waals surface area contributed by atoms with Gasteiger partial charge in [-0.3, -0.25) is 0 Å². The number of rotatable bonds is 7. The van der Waals surface area contributed by atoms with Crippen LogP contribution in [0.4, 0.5) is 0 Å². The highest BCUT2D eigenvalue weighted by molar-refractivity contribution is 7.89. The number of hydrogen-bond acceptors (Lipinski definition) is 2. The minimum absolute atomic E-state index is 0.00395. The summed E-state index contributed by atoms with van der Waals surface area (Å²) in [6.45, 7) is 6.24. The average Bonchev–Trinajstić information content (AvgIpc) is 2.39. The molecule has 0 spiro atoms. The molecule has 1 aromatic rings. The van der Waals surface area contributed by atoms with Crippen LogP contribution in [0.1, 0.15) is 32.3 Å². The van der Waals surface area contributed by atoms with E-state index < -0.39 is 10.0 Å². The standard InChI is InChI=1S/C14H22ClNO2S/c1-4-13(5-2)16(10-9-15)19(17,18)14-8-6-7-12(3)11-14/h6-8,11,13H,4-5,9-10H2,1-3H3. The monoisotopic (exact) mass is 303 g/mol. The van der Waals surface area contributed by atoms with Crippen LogP contribution in [0.2, 0.25) is 0 Å². The fourth-order valence-electron chi connectivity index (χ4n) is 2.19. The van der Waals surface area contributed by atoms with E-state index in [-0.39, 0.29) is 6.04 Å². The molecule has 0 aliphatic carbocycles. The third-order valence-electron chi connectivity index (χ3n) is 3.25. The number of sulfonamides is 1. The lowest BCUT2D eigenvalue weighted by Gasteiger charge is -2.29. The van der Waals surface area contributed by atoms with Gasteiger partial charge in [-0.05, 0) is 37.5 Å². The van der Waals surface area contributed by atoms with Gasteiger partial charge in [-0.1, -0.05) is 26.0 Å². The maximum absolute atomic E-state index is 12.7. The van der Waals surface area contributed by atoms with Crippen LogP contribution in [-0.2, 0) is 10.0 Å². The Kier molecular flexibility index (Phi) is 6.30. The van der Waals surface area contributed by atoms with E-state index in [4.69, 9.17) is 11.6 Å². The molecule has 5 heteroatoms. The van der Waals surface area contributed by atoms with Crippen molar-refractivity contribution in [2.24, 2.45) is 0 Å². The molecule has 0 aromatic heterocycles. The minimum atomic E-state index is -3.46. The van der Waals surface area contributed by atoms with Crippen molar-refractivity contribution in [1.82, 2.24) is 4.31 Å². The van der Waals surface area contributed by atoms with Gasteiger partial charge >= 0.3 is 0 Å². The van der Waals surface area contributed by atoms with Gasteiger partial charge in [0.15, 0.2) is 0 Å². The zero-order valence-corrected chi connectivity index (χ0v) is 13.3. The molecule has 0 aliphatic heterocycles. The molecule has 1 rings (SSSR count). The predicted octanol–water partition coefficient (Wildman–Crippen LogP) is 3.41. The molecule has 0 N–H and O–H groups in total. The van der Waals surface area contributed by atoms with Crippen LogP contribution >= 0.6 is 11.6 Å². The Bertz CT molecular complexity index is 498. The normalized spacial score (nSPS) is 12.3. The second-order valence-corrected chi connectivity index (χ2v) is 6.86. The molecule has 0 radical (unpaired) electrons. The van der Waals surface area contributed by atoms with Crippen molar-refractivity contribution in [3.05, 3.63) is 29.8 Å². The molecule has 0 amide bonds. The smallest absolute Gasteiger partial charge is 0.207 e. The van der Waals surface area contributed by atoms with Crippen molar-refractivity contribution in [2.75, 3.05) is 12.4 Å². The van der Waals surface area contributed by atoms with Crippen molar-refractivity contribution in [1.29, 1.82) is 0 Å². The highest BCUT2D eigenvalue weighted by Gasteiger charge is 2.29. The number of halogens is 1. The lowest BCUT2D eigenvalue weighted by Crippen LogP contribution is -2.41. The lowest BCUT2D eigenvalue weighted by atomic mass is 10.2. The van der Waals surface area contributed by atoms with Crippen LogP contribution in [-0.4, -0.2) is 31.2 Å². The van der Waals surface area contributed by atoms with E-state index >= 15 is 0 Å². The molecular formula is C14H22ClNO2S. The average molecular weight is 304 g/mol. The predicted molar refractivity (Wildman–Crippen MR) is 80.2 cm³/mol. The molecule has 19 heavy (non-hydrogen) atoms. The van der Waals surface area contributed by atoms with Crippen molar-refractivity contribution in [3.63, 3.8) is 0 Å². The molecular weight excluding hydrogens is 282 g/mol. The number of alkyl halides is 1.